The zero-order chi connectivity index (χ0) is 28.7. The molecular weight excluding hydrogens is 600 g/mol. The van der Waals surface area contributed by atoms with Crippen molar-refractivity contribution < 1.29 is 36.6 Å². The number of hydrogen-bond donors (Lipinski definition) is 0. The van der Waals surface area contributed by atoms with Gasteiger partial charge in [-0.2, -0.15) is 0 Å². The number of rotatable bonds is 8. The molecule has 2 aromatic rings. The molecule has 2 saturated carbocycles. The van der Waals surface area contributed by atoms with Gasteiger partial charge in [0.05, 0.1) is 0 Å². The third-order valence-corrected chi connectivity index (χ3v) is 21.5. The first-order valence-electron chi connectivity index (χ1n) is 14.3. The van der Waals surface area contributed by atoms with Gasteiger partial charge in [0.15, 0.2) is 0 Å². The molecule has 0 amide bonds. The maximum atomic E-state index is 11.4. The van der Waals surface area contributed by atoms with Crippen LogP contribution in [0.25, 0.3) is 0 Å². The van der Waals surface area contributed by atoms with Crippen LogP contribution in [-0.4, -0.2) is 9.85 Å². The van der Waals surface area contributed by atoms with Crippen LogP contribution in [0.15, 0.2) is 97.1 Å². The van der Waals surface area contributed by atoms with Crippen molar-refractivity contribution in [3.8, 4) is 11.5 Å². The number of fused-ring (bicyclic) bond motifs is 2. The van der Waals surface area contributed by atoms with Gasteiger partial charge in [0, 0.05) is 0 Å². The summed E-state index contributed by atoms with van der Waals surface area (Å²) in [4.78, 5) is 22.0. The number of nitrogens with zero attached hydrogens (tertiary/aromatic N) is 2. The Morgan fingerprint density at radius 1 is 0.634 bits per heavy atom. The molecule has 2 aromatic carbocycles. The molecule has 8 atom stereocenters. The van der Waals surface area contributed by atoms with E-state index in [0.717, 1.165) is 12.8 Å². The van der Waals surface area contributed by atoms with Gasteiger partial charge < -0.3 is 0 Å². The summed E-state index contributed by atoms with van der Waals surface area (Å²) in [5, 5.41) is 22.8. The van der Waals surface area contributed by atoms with Gasteiger partial charge in [-0.25, -0.2) is 0 Å². The molecule has 2 fully saturated rings. The molecule has 0 saturated heterocycles. The van der Waals surface area contributed by atoms with E-state index in [4.69, 9.17) is 5.63 Å². The minimum absolute atomic E-state index is 0.0127. The third-order valence-electron chi connectivity index (χ3n) is 9.52. The van der Waals surface area contributed by atoms with Crippen molar-refractivity contribution in [1.82, 2.24) is 0 Å². The van der Waals surface area contributed by atoms with Gasteiger partial charge in [0.2, 0.25) is 0 Å². The fraction of sp³-hybridized carbons (Fsp3) is 0.375. The van der Waals surface area contributed by atoms with Crippen LogP contribution in [0.3, 0.4) is 0 Å². The van der Waals surface area contributed by atoms with E-state index < -0.39 is 31.0 Å². The first kappa shape index (κ1) is 27.8. The van der Waals surface area contributed by atoms with E-state index in [1.54, 1.807) is 24.3 Å². The molecule has 41 heavy (non-hydrogen) atoms. The van der Waals surface area contributed by atoms with E-state index in [9.17, 15) is 20.2 Å². The van der Waals surface area contributed by atoms with Gasteiger partial charge in [0.1, 0.15) is 0 Å². The zero-order valence-electron chi connectivity index (χ0n) is 23.1. The van der Waals surface area contributed by atoms with Gasteiger partial charge in [-0.1, -0.05) is 0 Å². The molecule has 0 bridgehead atoms. The molecule has 8 nitrogen and oxygen atoms in total. The van der Waals surface area contributed by atoms with Crippen molar-refractivity contribution in [2.24, 2.45) is 35.5 Å². The summed E-state index contributed by atoms with van der Waals surface area (Å²) in [6.07, 6.45) is 19.8. The second-order valence-corrected chi connectivity index (χ2v) is 19.8. The normalized spacial score (nSPS) is 31.5. The number of benzene rings is 2. The molecule has 4 aliphatic rings. The fourth-order valence-corrected chi connectivity index (χ4v) is 22.0. The number of non-ortho nitro benzene ring substituents is 2. The Hall–Kier alpha value is -3.32. The fourth-order valence-electron chi connectivity index (χ4n) is 7.98. The molecule has 0 heterocycles. The molecule has 0 N–H and O–H groups in total. The van der Waals surface area contributed by atoms with E-state index in [-0.39, 0.29) is 30.5 Å². The summed E-state index contributed by atoms with van der Waals surface area (Å²) < 4.78 is 15.0. The SMILES string of the molecule is CC1CC2C=CC=CC2[CH]1[Zr]([O]c1ccc([N+](=O)[O-])cc1)([O]c1ccc([N+](=O)[O-])cc1)[CH]1C(C)CC2C=CC=CC21. The number of nitro groups is 2. The molecular formula is C32H34N2O6Zr. The predicted octanol–water partition coefficient (Wildman–Crippen LogP) is 8.32. The molecule has 0 spiro atoms. The minimum atomic E-state index is -4.48. The summed E-state index contributed by atoms with van der Waals surface area (Å²) in [6, 6.07) is 12.8. The van der Waals surface area contributed by atoms with E-state index in [1.807, 2.05) is 0 Å². The van der Waals surface area contributed by atoms with Crippen molar-refractivity contribution >= 4 is 11.4 Å². The van der Waals surface area contributed by atoms with E-state index in [0.29, 0.717) is 35.2 Å². The second kappa shape index (κ2) is 11.2. The van der Waals surface area contributed by atoms with Gasteiger partial charge in [-0.15, -0.1) is 0 Å². The third kappa shape index (κ3) is 5.14. The van der Waals surface area contributed by atoms with Crippen LogP contribution in [0.5, 0.6) is 11.5 Å². The van der Waals surface area contributed by atoms with Crippen molar-refractivity contribution in [3.63, 3.8) is 0 Å². The number of nitro benzene ring substituents is 2. The molecule has 0 radical (unpaired) electrons. The van der Waals surface area contributed by atoms with Crippen LogP contribution in [-0.2, 0) is 21.1 Å². The standard InChI is InChI=1S/2C10H13.2C6H5NO3.Zr/c2*1-8-6-9-4-2-3-5-10(9)7-8;2*8-6-3-1-5(2-4-6)7(9)10;/h2*2-6,8-10H,7H2,1H3;2*1-4,8H;/q;;;;+2/p-2. The van der Waals surface area contributed by atoms with Crippen LogP contribution in [0.1, 0.15) is 26.7 Å². The van der Waals surface area contributed by atoms with Gasteiger partial charge in [0.25, 0.3) is 0 Å². The monoisotopic (exact) mass is 632 g/mol. The molecule has 6 rings (SSSR count). The van der Waals surface area contributed by atoms with Crippen LogP contribution in [0.2, 0.25) is 7.25 Å². The average Bonchev–Trinajstić information content (AvgIpc) is 3.49. The number of allylic oxidation sites excluding steroid dienone is 8. The summed E-state index contributed by atoms with van der Waals surface area (Å²) in [5.74, 6) is 3.15. The van der Waals surface area contributed by atoms with E-state index in [1.165, 1.54) is 24.3 Å². The summed E-state index contributed by atoms with van der Waals surface area (Å²) >= 11 is -4.48. The topological polar surface area (TPSA) is 105 Å². The van der Waals surface area contributed by atoms with Crippen molar-refractivity contribution in [1.29, 1.82) is 0 Å². The zero-order valence-corrected chi connectivity index (χ0v) is 25.6. The Labute approximate surface area is 245 Å². The van der Waals surface area contributed by atoms with Crippen LogP contribution >= 0.6 is 0 Å². The Balaban J connectivity index is 1.53. The van der Waals surface area contributed by atoms with Crippen molar-refractivity contribution in [2.75, 3.05) is 0 Å². The second-order valence-electron chi connectivity index (χ2n) is 11.9. The summed E-state index contributed by atoms with van der Waals surface area (Å²) in [7, 11) is 0. The molecule has 9 heteroatoms. The quantitative estimate of drug-likeness (QED) is 0.214. The predicted molar refractivity (Wildman–Crippen MR) is 153 cm³/mol. The first-order chi connectivity index (χ1) is 19.8. The van der Waals surface area contributed by atoms with Crippen LogP contribution < -0.4 is 5.63 Å². The van der Waals surface area contributed by atoms with Gasteiger partial charge in [-0.05, 0) is 0 Å². The van der Waals surface area contributed by atoms with Crippen LogP contribution in [0, 0.1) is 55.7 Å². The Kier molecular flexibility index (Phi) is 7.58. The molecule has 212 valence electrons. The van der Waals surface area contributed by atoms with Crippen molar-refractivity contribution in [3.05, 3.63) is 117 Å². The van der Waals surface area contributed by atoms with Crippen LogP contribution in [0.4, 0.5) is 11.4 Å². The van der Waals surface area contributed by atoms with Gasteiger partial charge in [-0.3, -0.25) is 0 Å². The molecule has 4 aliphatic carbocycles. The molecule has 0 aromatic heterocycles. The average molecular weight is 634 g/mol. The summed E-state index contributed by atoms with van der Waals surface area (Å²) in [5.41, 5.74) is 0.0254. The number of hydrogen-bond acceptors (Lipinski definition) is 6. The van der Waals surface area contributed by atoms with E-state index >= 15 is 0 Å². The summed E-state index contributed by atoms with van der Waals surface area (Å²) in [6.45, 7) is 4.62. The van der Waals surface area contributed by atoms with Crippen molar-refractivity contribution in [2.45, 2.75) is 33.9 Å². The molecule has 0 aliphatic heterocycles. The Bertz CT molecular complexity index is 1320. The Morgan fingerprint density at radius 2 is 1.00 bits per heavy atom. The van der Waals surface area contributed by atoms with E-state index in [2.05, 4.69) is 62.5 Å². The maximum absolute atomic E-state index is 11.4. The first-order valence-corrected chi connectivity index (χ1v) is 19.2. The molecule has 8 unspecified atom stereocenters. The Morgan fingerprint density at radius 3 is 1.37 bits per heavy atom. The van der Waals surface area contributed by atoms with Gasteiger partial charge >= 0.3 is 246 Å².